The van der Waals surface area contributed by atoms with Crippen molar-refractivity contribution in [1.29, 1.82) is 0 Å². The molecule has 0 spiro atoms. The number of aliphatic hydroxyl groups is 1. The van der Waals surface area contributed by atoms with Crippen LogP contribution in [0.1, 0.15) is 46.1 Å². The third-order valence-corrected chi connectivity index (χ3v) is 4.83. The summed E-state index contributed by atoms with van der Waals surface area (Å²) in [6, 6.07) is 7.71. The van der Waals surface area contributed by atoms with Gasteiger partial charge in [0.25, 0.3) is 0 Å². The number of hydrogen-bond acceptors (Lipinski definition) is 3. The molecule has 23 heavy (non-hydrogen) atoms. The van der Waals surface area contributed by atoms with Crippen LogP contribution in [0.3, 0.4) is 0 Å². The molecule has 1 aromatic rings. The highest BCUT2D eigenvalue weighted by atomic mass is 79.9. The van der Waals surface area contributed by atoms with Crippen molar-refractivity contribution < 1.29 is 14.6 Å². The zero-order chi connectivity index (χ0) is 17.3. The van der Waals surface area contributed by atoms with Crippen molar-refractivity contribution in [1.82, 2.24) is 4.90 Å². The third kappa shape index (κ3) is 4.70. The molecule has 0 radical (unpaired) electrons. The Kier molecular flexibility index (Phi) is 5.41. The molecule has 5 heteroatoms. The van der Waals surface area contributed by atoms with Gasteiger partial charge in [-0.3, -0.25) is 0 Å². The van der Waals surface area contributed by atoms with Crippen molar-refractivity contribution in [3.05, 3.63) is 34.3 Å². The van der Waals surface area contributed by atoms with Gasteiger partial charge in [0, 0.05) is 23.5 Å². The van der Waals surface area contributed by atoms with Gasteiger partial charge in [-0.25, -0.2) is 4.79 Å². The molecule has 1 N–H and O–H groups in total. The van der Waals surface area contributed by atoms with E-state index >= 15 is 0 Å². The van der Waals surface area contributed by atoms with Crippen LogP contribution in [0, 0.1) is 5.92 Å². The van der Waals surface area contributed by atoms with Crippen LogP contribution in [0.2, 0.25) is 0 Å². The molecular formula is C18H26BrNO3. The van der Waals surface area contributed by atoms with Crippen LogP contribution in [0.4, 0.5) is 4.79 Å². The standard InChI is InChI=1S/C18H26BrNO3/c1-17(2,3)23-16(21)20-11-5-6-14(12-20)18(4,22)13-7-9-15(19)10-8-13/h7-10,14,22H,5-6,11-12H2,1-4H3/t14?,18-/m1/s1. The Bertz CT molecular complexity index is 548. The molecule has 0 saturated carbocycles. The van der Waals surface area contributed by atoms with Gasteiger partial charge in [-0.15, -0.1) is 0 Å². The van der Waals surface area contributed by atoms with Crippen LogP contribution in [-0.4, -0.2) is 34.8 Å². The van der Waals surface area contributed by atoms with Gasteiger partial charge in [0.1, 0.15) is 5.60 Å². The average Bonchev–Trinajstić information content (AvgIpc) is 2.46. The Hall–Kier alpha value is -1.07. The maximum Gasteiger partial charge on any atom is 0.410 e. The van der Waals surface area contributed by atoms with Crippen LogP contribution >= 0.6 is 15.9 Å². The predicted octanol–water partition coefficient (Wildman–Crippen LogP) is 4.30. The second-order valence-corrected chi connectivity index (χ2v) is 8.34. The molecule has 1 fully saturated rings. The molecule has 1 amide bonds. The molecule has 1 aromatic carbocycles. The van der Waals surface area contributed by atoms with Crippen molar-refractivity contribution in [2.24, 2.45) is 5.92 Å². The fourth-order valence-corrected chi connectivity index (χ4v) is 3.22. The van der Waals surface area contributed by atoms with E-state index < -0.39 is 11.2 Å². The highest BCUT2D eigenvalue weighted by Gasteiger charge is 2.38. The highest BCUT2D eigenvalue weighted by molar-refractivity contribution is 9.10. The Morgan fingerprint density at radius 2 is 1.87 bits per heavy atom. The molecule has 1 aliphatic heterocycles. The first-order valence-corrected chi connectivity index (χ1v) is 8.85. The monoisotopic (exact) mass is 383 g/mol. The smallest absolute Gasteiger partial charge is 0.410 e. The lowest BCUT2D eigenvalue weighted by Crippen LogP contribution is -2.48. The van der Waals surface area contributed by atoms with Crippen LogP contribution in [-0.2, 0) is 10.3 Å². The fraction of sp³-hybridized carbons (Fsp3) is 0.611. The van der Waals surface area contributed by atoms with E-state index in [1.54, 1.807) is 4.90 Å². The van der Waals surface area contributed by atoms with E-state index in [-0.39, 0.29) is 12.0 Å². The van der Waals surface area contributed by atoms with Crippen LogP contribution in [0.25, 0.3) is 0 Å². The van der Waals surface area contributed by atoms with E-state index in [2.05, 4.69) is 15.9 Å². The molecular weight excluding hydrogens is 358 g/mol. The van der Waals surface area contributed by atoms with Gasteiger partial charge >= 0.3 is 6.09 Å². The summed E-state index contributed by atoms with van der Waals surface area (Å²) in [5.74, 6) is -0.00931. The minimum absolute atomic E-state index is 0.00931. The summed E-state index contributed by atoms with van der Waals surface area (Å²) in [4.78, 5) is 14.0. The summed E-state index contributed by atoms with van der Waals surface area (Å²) in [5, 5.41) is 11.0. The summed E-state index contributed by atoms with van der Waals surface area (Å²) in [5.41, 5.74) is -0.601. The van der Waals surface area contributed by atoms with Gasteiger partial charge in [0.2, 0.25) is 0 Å². The number of piperidine rings is 1. The van der Waals surface area contributed by atoms with Gasteiger partial charge in [0.05, 0.1) is 5.60 Å². The Morgan fingerprint density at radius 3 is 2.43 bits per heavy atom. The number of ether oxygens (including phenoxy) is 1. The van der Waals surface area contributed by atoms with E-state index in [1.165, 1.54) is 0 Å². The van der Waals surface area contributed by atoms with Gasteiger partial charge in [-0.05, 0) is 58.2 Å². The number of carbonyl (C=O) groups is 1. The highest BCUT2D eigenvalue weighted by Crippen LogP contribution is 2.36. The summed E-state index contributed by atoms with van der Waals surface area (Å²) < 4.78 is 6.44. The summed E-state index contributed by atoms with van der Waals surface area (Å²) >= 11 is 3.41. The topological polar surface area (TPSA) is 49.8 Å². The number of benzene rings is 1. The summed E-state index contributed by atoms with van der Waals surface area (Å²) in [7, 11) is 0. The molecule has 0 aromatic heterocycles. The van der Waals surface area contributed by atoms with Crippen LogP contribution in [0.5, 0.6) is 0 Å². The van der Waals surface area contributed by atoms with Gasteiger partial charge in [-0.2, -0.15) is 0 Å². The lowest BCUT2D eigenvalue weighted by molar-refractivity contribution is -0.0438. The predicted molar refractivity (Wildman–Crippen MR) is 94.2 cm³/mol. The lowest BCUT2D eigenvalue weighted by atomic mass is 9.78. The van der Waals surface area contributed by atoms with Crippen molar-refractivity contribution in [2.75, 3.05) is 13.1 Å². The van der Waals surface area contributed by atoms with E-state index in [1.807, 2.05) is 52.0 Å². The Morgan fingerprint density at radius 1 is 1.26 bits per heavy atom. The Labute approximate surface area is 147 Å². The van der Waals surface area contributed by atoms with Gasteiger partial charge < -0.3 is 14.7 Å². The maximum atomic E-state index is 12.3. The first-order chi connectivity index (χ1) is 10.6. The molecule has 1 unspecified atom stereocenters. The van der Waals surface area contributed by atoms with Crippen molar-refractivity contribution in [3.8, 4) is 0 Å². The molecule has 1 saturated heterocycles. The molecule has 1 heterocycles. The fourth-order valence-electron chi connectivity index (χ4n) is 2.95. The zero-order valence-corrected chi connectivity index (χ0v) is 15.9. The molecule has 0 aliphatic carbocycles. The van der Waals surface area contributed by atoms with Crippen LogP contribution in [0.15, 0.2) is 28.7 Å². The quantitative estimate of drug-likeness (QED) is 0.827. The molecule has 0 bridgehead atoms. The van der Waals surface area contributed by atoms with E-state index in [4.69, 9.17) is 4.74 Å². The molecule has 2 rings (SSSR count). The summed E-state index contributed by atoms with van der Waals surface area (Å²) in [6.07, 6.45) is 1.47. The number of halogens is 1. The van der Waals surface area contributed by atoms with Gasteiger partial charge in [-0.1, -0.05) is 28.1 Å². The zero-order valence-electron chi connectivity index (χ0n) is 14.3. The first kappa shape index (κ1) is 18.3. The van der Waals surface area contributed by atoms with Crippen molar-refractivity contribution in [3.63, 3.8) is 0 Å². The molecule has 128 valence electrons. The largest absolute Gasteiger partial charge is 0.444 e. The summed E-state index contributed by atoms with van der Waals surface area (Å²) in [6.45, 7) is 8.62. The second-order valence-electron chi connectivity index (χ2n) is 7.42. The number of rotatable bonds is 2. The van der Waals surface area contributed by atoms with Crippen molar-refractivity contribution in [2.45, 2.75) is 51.7 Å². The minimum atomic E-state index is -0.971. The number of nitrogens with zero attached hydrogens (tertiary/aromatic N) is 1. The van der Waals surface area contributed by atoms with Crippen molar-refractivity contribution >= 4 is 22.0 Å². The van der Waals surface area contributed by atoms with Crippen LogP contribution < -0.4 is 0 Å². The Balaban J connectivity index is 2.10. The van der Waals surface area contributed by atoms with E-state index in [9.17, 15) is 9.90 Å². The molecule has 2 atom stereocenters. The lowest BCUT2D eigenvalue weighted by Gasteiger charge is -2.41. The first-order valence-electron chi connectivity index (χ1n) is 8.06. The van der Waals surface area contributed by atoms with Gasteiger partial charge in [0.15, 0.2) is 0 Å². The number of likely N-dealkylation sites (tertiary alicyclic amines) is 1. The van der Waals surface area contributed by atoms with E-state index in [0.29, 0.717) is 13.1 Å². The molecule has 4 nitrogen and oxygen atoms in total. The third-order valence-electron chi connectivity index (χ3n) is 4.30. The molecule has 1 aliphatic rings. The number of carbonyl (C=O) groups excluding carboxylic acids is 1. The minimum Gasteiger partial charge on any atom is -0.444 e. The number of amides is 1. The normalized spacial score (nSPS) is 21.7. The number of hydrogen-bond donors (Lipinski definition) is 1. The second kappa shape index (κ2) is 6.81. The SMILES string of the molecule is CC(C)(C)OC(=O)N1CCCC([C@](C)(O)c2ccc(Br)cc2)C1. The van der Waals surface area contributed by atoms with E-state index in [0.717, 1.165) is 22.9 Å². The maximum absolute atomic E-state index is 12.3. The average molecular weight is 384 g/mol.